The van der Waals surface area contributed by atoms with Gasteiger partial charge in [-0.3, -0.25) is 0 Å². The van der Waals surface area contributed by atoms with Crippen LogP contribution in [-0.2, 0) is 19.0 Å². The van der Waals surface area contributed by atoms with Crippen molar-refractivity contribution in [3.8, 4) is 28.1 Å². The summed E-state index contributed by atoms with van der Waals surface area (Å²) in [5.41, 5.74) is 3.27. The van der Waals surface area contributed by atoms with Gasteiger partial charge in [0.2, 0.25) is 0 Å². The van der Waals surface area contributed by atoms with Crippen LogP contribution in [0.2, 0.25) is 0 Å². The van der Waals surface area contributed by atoms with Gasteiger partial charge in [0.25, 0.3) is 0 Å². The summed E-state index contributed by atoms with van der Waals surface area (Å²) in [5, 5.41) is 15.5. The van der Waals surface area contributed by atoms with E-state index >= 15 is 0 Å². The summed E-state index contributed by atoms with van der Waals surface area (Å²) in [6.45, 7) is 17.2. The van der Waals surface area contributed by atoms with E-state index in [0.717, 1.165) is 18.4 Å². The highest BCUT2D eigenvalue weighted by molar-refractivity contribution is 5.81. The van der Waals surface area contributed by atoms with Crippen LogP contribution in [0.25, 0.3) is 28.0 Å². The molecule has 10 heteroatoms. The third-order valence-electron chi connectivity index (χ3n) is 8.14. The van der Waals surface area contributed by atoms with Crippen LogP contribution in [0.15, 0.2) is 61.2 Å². The second kappa shape index (κ2) is 13.2. The highest BCUT2D eigenvalue weighted by atomic mass is 19.1. The number of fused-ring (bicyclic) bond motifs is 1. The Morgan fingerprint density at radius 2 is 1.87 bits per heavy atom. The number of hydrogen-bond donors (Lipinski definition) is 1. The molecule has 1 aliphatic rings. The fraction of sp³-hybridized carbons (Fsp3) is 0.417. The number of halogens is 1. The summed E-state index contributed by atoms with van der Waals surface area (Å²) >= 11 is 0. The molecule has 0 saturated carbocycles. The molecule has 2 aromatic carbocycles. The molecule has 1 unspecified atom stereocenters. The molecule has 2 aromatic heterocycles. The Labute approximate surface area is 269 Å². The van der Waals surface area contributed by atoms with Gasteiger partial charge in [0.15, 0.2) is 11.8 Å². The van der Waals surface area contributed by atoms with Crippen molar-refractivity contribution >= 4 is 17.4 Å². The number of nitrogens with zero attached hydrogens (tertiary/aromatic N) is 4. The largest absolute Gasteiger partial charge is 0.507 e. The maximum Gasteiger partial charge on any atom is 0.340 e. The van der Waals surface area contributed by atoms with Crippen molar-refractivity contribution in [2.24, 2.45) is 0 Å². The van der Waals surface area contributed by atoms with Crippen LogP contribution in [0.5, 0.6) is 5.75 Å². The van der Waals surface area contributed by atoms with Crippen LogP contribution in [0.4, 0.5) is 10.2 Å². The van der Waals surface area contributed by atoms with Crippen molar-refractivity contribution in [1.82, 2.24) is 14.6 Å². The number of anilines is 1. The number of aromatic hydroxyl groups is 1. The first kappa shape index (κ1) is 33.1. The van der Waals surface area contributed by atoms with E-state index in [2.05, 4.69) is 18.4 Å². The van der Waals surface area contributed by atoms with Gasteiger partial charge in [-0.1, -0.05) is 24.3 Å². The molecule has 1 aliphatic heterocycles. The smallest absolute Gasteiger partial charge is 0.340 e. The van der Waals surface area contributed by atoms with Crippen molar-refractivity contribution in [2.45, 2.75) is 71.7 Å². The molecule has 244 valence electrons. The lowest BCUT2D eigenvalue weighted by atomic mass is 9.92. The van der Waals surface area contributed by atoms with Crippen molar-refractivity contribution in [2.75, 3.05) is 31.2 Å². The molecule has 0 radical (unpaired) electrons. The van der Waals surface area contributed by atoms with Gasteiger partial charge < -0.3 is 24.2 Å². The number of esters is 1. The Morgan fingerprint density at radius 3 is 2.54 bits per heavy atom. The topological polar surface area (TPSA) is 98.4 Å². The number of carbonyl (C=O) groups is 1. The van der Waals surface area contributed by atoms with Crippen LogP contribution in [0, 0.1) is 12.7 Å². The zero-order chi connectivity index (χ0) is 33.2. The fourth-order valence-corrected chi connectivity index (χ4v) is 5.84. The Morgan fingerprint density at radius 1 is 1.15 bits per heavy atom. The van der Waals surface area contributed by atoms with E-state index in [0.29, 0.717) is 59.2 Å². The molecule has 1 atom stereocenters. The quantitative estimate of drug-likeness (QED) is 0.145. The number of benzene rings is 2. The average molecular weight is 631 g/mol. The number of carbonyl (C=O) groups excluding carboxylic acids is 1. The van der Waals surface area contributed by atoms with Crippen LogP contribution in [0.3, 0.4) is 0 Å². The number of aryl methyl sites for hydroxylation is 1. The number of piperidine rings is 1. The maximum atomic E-state index is 14.1. The van der Waals surface area contributed by atoms with E-state index in [9.17, 15) is 14.3 Å². The van der Waals surface area contributed by atoms with E-state index < -0.39 is 23.5 Å². The minimum Gasteiger partial charge on any atom is -0.507 e. The van der Waals surface area contributed by atoms with Gasteiger partial charge in [-0.2, -0.15) is 9.61 Å². The second-order valence-corrected chi connectivity index (χ2v) is 12.9. The lowest BCUT2D eigenvalue weighted by Gasteiger charge is -2.41. The molecular formula is C36H43FN4O5. The normalized spacial score (nSPS) is 15.6. The first-order valence-corrected chi connectivity index (χ1v) is 15.7. The van der Waals surface area contributed by atoms with Gasteiger partial charge in [0.05, 0.1) is 35.7 Å². The highest BCUT2D eigenvalue weighted by Gasteiger charge is 2.38. The van der Waals surface area contributed by atoms with E-state index in [-0.39, 0.29) is 18.0 Å². The third-order valence-corrected chi connectivity index (χ3v) is 8.14. The fourth-order valence-electron chi connectivity index (χ4n) is 5.84. The monoisotopic (exact) mass is 630 g/mol. The molecule has 0 spiro atoms. The summed E-state index contributed by atoms with van der Waals surface area (Å²) in [5.74, 6) is -0.241. The zero-order valence-electron chi connectivity index (χ0n) is 27.5. The molecule has 0 amide bonds. The van der Waals surface area contributed by atoms with E-state index in [1.807, 2.05) is 58.0 Å². The van der Waals surface area contributed by atoms with Gasteiger partial charge in [0, 0.05) is 36.0 Å². The molecule has 5 rings (SSSR count). The van der Waals surface area contributed by atoms with Gasteiger partial charge in [-0.25, -0.2) is 14.2 Å². The average Bonchev–Trinajstić information content (AvgIpc) is 3.43. The molecule has 0 bridgehead atoms. The number of ether oxygens (including phenoxy) is 3. The molecule has 0 aliphatic carbocycles. The predicted octanol–water partition coefficient (Wildman–Crippen LogP) is 7.20. The number of phenolic OH excluding ortho intramolecular Hbond substituents is 1. The highest BCUT2D eigenvalue weighted by Crippen LogP contribution is 2.39. The minimum absolute atomic E-state index is 0.0178. The zero-order valence-corrected chi connectivity index (χ0v) is 27.5. The molecule has 3 heterocycles. The summed E-state index contributed by atoms with van der Waals surface area (Å²) < 4.78 is 33.9. The standard InChI is InChI=1S/C36H43FN4O5/c1-8-19-45-36(7)15-17-40(18-16-36)33-31(32(34(43)44-9-2)46-35(4,5)6)23(3)38-30-22-28(39-41(30)33)25-12-10-11-24(20-25)27-21-26(37)13-14-29(27)42/h8,10-14,20-22,32,42H,1,9,15-19H2,2-7H3. The van der Waals surface area contributed by atoms with Crippen LogP contribution >= 0.6 is 0 Å². The van der Waals surface area contributed by atoms with Crippen molar-refractivity contribution < 1.29 is 28.5 Å². The van der Waals surface area contributed by atoms with E-state index in [1.54, 1.807) is 17.5 Å². The number of phenols is 1. The van der Waals surface area contributed by atoms with Gasteiger partial charge in [0.1, 0.15) is 17.4 Å². The van der Waals surface area contributed by atoms with E-state index in [4.69, 9.17) is 24.3 Å². The Bertz CT molecular complexity index is 1740. The van der Waals surface area contributed by atoms with E-state index in [1.165, 1.54) is 18.2 Å². The lowest BCUT2D eigenvalue weighted by molar-refractivity contribution is -0.166. The molecule has 46 heavy (non-hydrogen) atoms. The minimum atomic E-state index is -1.04. The molecule has 1 N–H and O–H groups in total. The molecule has 4 aromatic rings. The first-order chi connectivity index (χ1) is 21.8. The predicted molar refractivity (Wildman–Crippen MR) is 176 cm³/mol. The molecule has 1 fully saturated rings. The summed E-state index contributed by atoms with van der Waals surface area (Å²) in [6.07, 6.45) is 2.22. The Kier molecular flexibility index (Phi) is 9.51. The van der Waals surface area contributed by atoms with Gasteiger partial charge >= 0.3 is 5.97 Å². The molecule has 9 nitrogen and oxygen atoms in total. The van der Waals surface area contributed by atoms with Crippen molar-refractivity contribution in [1.29, 1.82) is 0 Å². The molecule has 1 saturated heterocycles. The van der Waals surface area contributed by atoms with Crippen LogP contribution < -0.4 is 4.90 Å². The van der Waals surface area contributed by atoms with Crippen LogP contribution in [0.1, 0.15) is 64.8 Å². The molecular weight excluding hydrogens is 587 g/mol. The van der Waals surface area contributed by atoms with Crippen molar-refractivity contribution in [3.05, 3.63) is 78.3 Å². The number of rotatable bonds is 10. The second-order valence-electron chi connectivity index (χ2n) is 12.9. The lowest BCUT2D eigenvalue weighted by Crippen LogP contribution is -2.45. The van der Waals surface area contributed by atoms with Crippen molar-refractivity contribution in [3.63, 3.8) is 0 Å². The first-order valence-electron chi connectivity index (χ1n) is 15.7. The third kappa shape index (κ3) is 7.08. The Balaban J connectivity index is 1.67. The summed E-state index contributed by atoms with van der Waals surface area (Å²) in [6, 6.07) is 13.2. The number of aromatic nitrogens is 3. The Hall–Kier alpha value is -4.28. The van der Waals surface area contributed by atoms with Gasteiger partial charge in [-0.15, -0.1) is 6.58 Å². The summed E-state index contributed by atoms with van der Waals surface area (Å²) in [7, 11) is 0. The van der Waals surface area contributed by atoms with Gasteiger partial charge in [-0.05, 0) is 84.2 Å². The summed E-state index contributed by atoms with van der Waals surface area (Å²) in [4.78, 5) is 20.6. The number of hydrogen-bond acceptors (Lipinski definition) is 8. The maximum absolute atomic E-state index is 14.1. The van der Waals surface area contributed by atoms with Crippen LogP contribution in [-0.4, -0.2) is 63.2 Å². The SMILES string of the molecule is C=CCOC1(C)CCN(c2c(C(OC(C)(C)C)C(=O)OCC)c(C)nc3cc(-c4cccc(-c5cc(F)ccc5O)c4)nn23)CC1.